The zero-order chi connectivity index (χ0) is 30.2. The lowest BCUT2D eigenvalue weighted by Gasteiger charge is -2.37. The summed E-state index contributed by atoms with van der Waals surface area (Å²) in [4.78, 5) is 45.7. The second-order valence-electron chi connectivity index (χ2n) is 12.6. The van der Waals surface area contributed by atoms with Crippen molar-refractivity contribution in [3.63, 3.8) is 0 Å². The van der Waals surface area contributed by atoms with Crippen LogP contribution in [-0.4, -0.2) is 77.5 Å². The molecular weight excluding hydrogens is 552 g/mol. The second-order valence-corrected chi connectivity index (χ2v) is 12.6. The van der Waals surface area contributed by atoms with Gasteiger partial charge in [0.2, 0.25) is 11.8 Å². The predicted molar refractivity (Wildman–Crippen MR) is 168 cm³/mol. The van der Waals surface area contributed by atoms with Gasteiger partial charge in [-0.25, -0.2) is 4.79 Å². The van der Waals surface area contributed by atoms with Crippen molar-refractivity contribution in [2.45, 2.75) is 56.7 Å². The molecule has 8 nitrogen and oxygen atoms in total. The number of rotatable bonds is 5. The number of likely N-dealkylation sites (tertiary alicyclic amines) is 2. The van der Waals surface area contributed by atoms with E-state index in [4.69, 9.17) is 10.5 Å². The Morgan fingerprint density at radius 3 is 2.11 bits per heavy atom. The Morgan fingerprint density at radius 2 is 1.41 bits per heavy atom. The average molecular weight is 593 g/mol. The van der Waals surface area contributed by atoms with Gasteiger partial charge in [0.15, 0.2) is 0 Å². The maximum Gasteiger partial charge on any atom is 0.409 e. The zero-order valence-corrected chi connectivity index (χ0v) is 25.1. The van der Waals surface area contributed by atoms with Crippen LogP contribution in [0.3, 0.4) is 0 Å². The van der Waals surface area contributed by atoms with Crippen molar-refractivity contribution in [3.8, 4) is 11.1 Å². The monoisotopic (exact) mass is 592 g/mol. The smallest absolute Gasteiger partial charge is 0.409 e. The number of nitrogens with zero attached hydrogens (tertiary/aromatic N) is 3. The first-order valence-electron chi connectivity index (χ1n) is 16.0. The topological polar surface area (TPSA) is 96.2 Å². The standard InChI is InChI=1S/C36H40N4O4/c37-33(35(42)40-18-7-14-32(40)34(41)39-21-15-24-8-1-2-9-26(24)22-39)25-16-19-38(20-17-25)36(43)44-23-31-29-12-5-3-10-27(29)28-11-4-6-13-30(28)31/h1-6,8-13,25,31-33H,7,14-23,37H2/t32-,33?/m0/s1. The van der Waals surface area contributed by atoms with Crippen LogP contribution in [0.4, 0.5) is 4.79 Å². The van der Waals surface area contributed by atoms with Crippen molar-refractivity contribution in [1.82, 2.24) is 14.7 Å². The lowest BCUT2D eigenvalue weighted by Crippen LogP contribution is -2.55. The first-order valence-corrected chi connectivity index (χ1v) is 16.0. The highest BCUT2D eigenvalue weighted by atomic mass is 16.6. The third-order valence-electron chi connectivity index (χ3n) is 10.2. The highest BCUT2D eigenvalue weighted by Gasteiger charge is 2.41. The van der Waals surface area contributed by atoms with Gasteiger partial charge in [-0.15, -0.1) is 0 Å². The molecule has 0 aromatic heterocycles. The summed E-state index contributed by atoms with van der Waals surface area (Å²) in [5.41, 5.74) is 13.8. The maximum atomic E-state index is 13.6. The lowest BCUT2D eigenvalue weighted by molar-refractivity contribution is -0.145. The zero-order valence-electron chi connectivity index (χ0n) is 25.1. The summed E-state index contributed by atoms with van der Waals surface area (Å²) in [5, 5.41) is 0. The van der Waals surface area contributed by atoms with Crippen molar-refractivity contribution in [3.05, 3.63) is 95.1 Å². The Labute approximate surface area is 258 Å². The van der Waals surface area contributed by atoms with Gasteiger partial charge in [-0.1, -0.05) is 72.8 Å². The summed E-state index contributed by atoms with van der Waals surface area (Å²) >= 11 is 0. The first kappa shape index (κ1) is 28.6. The molecule has 3 aromatic carbocycles. The molecule has 1 aliphatic carbocycles. The van der Waals surface area contributed by atoms with Gasteiger partial charge in [-0.3, -0.25) is 9.59 Å². The normalized spacial score (nSPS) is 20.6. The largest absolute Gasteiger partial charge is 0.448 e. The molecule has 1 unspecified atom stereocenters. The van der Waals surface area contributed by atoms with Gasteiger partial charge in [0.05, 0.1) is 6.04 Å². The number of fused-ring (bicyclic) bond motifs is 4. The van der Waals surface area contributed by atoms with Crippen molar-refractivity contribution in [1.29, 1.82) is 0 Å². The number of nitrogens with two attached hydrogens (primary N) is 1. The molecule has 2 N–H and O–H groups in total. The number of carbonyl (C=O) groups excluding carboxylic acids is 3. The Hall–Kier alpha value is -4.17. The number of hydrogen-bond acceptors (Lipinski definition) is 5. The minimum Gasteiger partial charge on any atom is -0.448 e. The molecule has 0 bridgehead atoms. The average Bonchev–Trinajstić information content (AvgIpc) is 3.69. The summed E-state index contributed by atoms with van der Waals surface area (Å²) in [6.07, 6.45) is 3.26. The number of ether oxygens (including phenoxy) is 1. The van der Waals surface area contributed by atoms with Gasteiger partial charge in [0.25, 0.3) is 0 Å². The van der Waals surface area contributed by atoms with Crippen LogP contribution in [0.1, 0.15) is 53.9 Å². The molecule has 2 saturated heterocycles. The fourth-order valence-corrected chi connectivity index (χ4v) is 7.70. The minimum atomic E-state index is -0.685. The highest BCUT2D eigenvalue weighted by Crippen LogP contribution is 2.44. The van der Waals surface area contributed by atoms with Gasteiger partial charge >= 0.3 is 6.09 Å². The molecule has 3 aromatic rings. The van der Waals surface area contributed by atoms with E-state index in [1.165, 1.54) is 33.4 Å². The Kier molecular flexibility index (Phi) is 7.85. The van der Waals surface area contributed by atoms with Gasteiger partial charge in [0.1, 0.15) is 12.6 Å². The van der Waals surface area contributed by atoms with E-state index in [0.717, 1.165) is 12.8 Å². The van der Waals surface area contributed by atoms with Crippen LogP contribution in [0.5, 0.6) is 0 Å². The molecular formula is C36H40N4O4. The third kappa shape index (κ3) is 5.25. The molecule has 2 atom stereocenters. The van der Waals surface area contributed by atoms with Crippen molar-refractivity contribution < 1.29 is 19.1 Å². The fraction of sp³-hybridized carbons (Fsp3) is 0.417. The van der Waals surface area contributed by atoms with Crippen LogP contribution in [0.2, 0.25) is 0 Å². The van der Waals surface area contributed by atoms with Crippen molar-refractivity contribution in [2.24, 2.45) is 11.7 Å². The molecule has 0 radical (unpaired) electrons. The molecule has 2 fully saturated rings. The molecule has 228 valence electrons. The van der Waals surface area contributed by atoms with E-state index < -0.39 is 12.1 Å². The molecule has 4 aliphatic rings. The summed E-state index contributed by atoms with van der Waals surface area (Å²) < 4.78 is 5.86. The Morgan fingerprint density at radius 1 is 0.773 bits per heavy atom. The predicted octanol–water partition coefficient (Wildman–Crippen LogP) is 4.55. The molecule has 0 spiro atoms. The molecule has 8 heteroatoms. The number of carbonyl (C=O) groups is 3. The molecule has 3 aliphatic heterocycles. The van der Waals surface area contributed by atoms with Crippen molar-refractivity contribution in [2.75, 3.05) is 32.8 Å². The van der Waals surface area contributed by atoms with E-state index in [0.29, 0.717) is 52.0 Å². The third-order valence-corrected chi connectivity index (χ3v) is 10.2. The van der Waals surface area contributed by atoms with Crippen LogP contribution in [0.25, 0.3) is 11.1 Å². The van der Waals surface area contributed by atoms with Crippen LogP contribution in [0.15, 0.2) is 72.8 Å². The maximum absolute atomic E-state index is 13.6. The van der Waals surface area contributed by atoms with Gasteiger partial charge in [-0.2, -0.15) is 0 Å². The van der Waals surface area contributed by atoms with E-state index in [1.54, 1.807) is 9.80 Å². The molecule has 3 amide bonds. The number of amides is 3. The Bertz CT molecular complexity index is 1520. The molecule has 7 rings (SSSR count). The minimum absolute atomic E-state index is 0.0192. The number of piperidine rings is 1. The summed E-state index contributed by atoms with van der Waals surface area (Å²) in [6, 6.07) is 23.7. The summed E-state index contributed by atoms with van der Waals surface area (Å²) in [6.45, 7) is 3.11. The van der Waals surface area contributed by atoms with Crippen LogP contribution in [0, 0.1) is 5.92 Å². The van der Waals surface area contributed by atoms with Crippen LogP contribution >= 0.6 is 0 Å². The van der Waals surface area contributed by atoms with Crippen LogP contribution < -0.4 is 5.73 Å². The Balaban J connectivity index is 0.923. The molecule has 44 heavy (non-hydrogen) atoms. The van der Waals surface area contributed by atoms with E-state index >= 15 is 0 Å². The van der Waals surface area contributed by atoms with Crippen molar-refractivity contribution >= 4 is 17.9 Å². The SMILES string of the molecule is NC(C(=O)N1CCC[C@H]1C(=O)N1CCc2ccccc2C1)C1CCN(C(=O)OCC2c3ccccc3-c3ccccc32)CC1. The van der Waals surface area contributed by atoms with Crippen LogP contribution in [-0.2, 0) is 27.3 Å². The van der Waals surface area contributed by atoms with E-state index in [2.05, 4.69) is 36.4 Å². The molecule has 0 saturated carbocycles. The molecule has 3 heterocycles. The fourth-order valence-electron chi connectivity index (χ4n) is 7.70. The number of benzene rings is 3. The van der Waals surface area contributed by atoms with E-state index in [1.807, 2.05) is 41.3 Å². The van der Waals surface area contributed by atoms with Gasteiger partial charge < -0.3 is 25.2 Å². The summed E-state index contributed by atoms with van der Waals surface area (Å²) in [5.74, 6) is -0.135. The lowest BCUT2D eigenvalue weighted by atomic mass is 9.89. The van der Waals surface area contributed by atoms with E-state index in [-0.39, 0.29) is 36.4 Å². The van der Waals surface area contributed by atoms with Gasteiger partial charge in [-0.05, 0) is 71.4 Å². The number of hydrogen-bond donors (Lipinski definition) is 1. The highest BCUT2D eigenvalue weighted by molar-refractivity contribution is 5.90. The first-order chi connectivity index (χ1) is 21.5. The second kappa shape index (κ2) is 12.1. The summed E-state index contributed by atoms with van der Waals surface area (Å²) in [7, 11) is 0. The van der Waals surface area contributed by atoms with Gasteiger partial charge in [0, 0.05) is 38.6 Å². The quantitative estimate of drug-likeness (QED) is 0.469. The van der Waals surface area contributed by atoms with E-state index in [9.17, 15) is 14.4 Å².